The van der Waals surface area contributed by atoms with Gasteiger partial charge in [-0.2, -0.15) is 4.98 Å². The Morgan fingerprint density at radius 1 is 1.53 bits per heavy atom. The Bertz CT molecular complexity index is 394. The lowest BCUT2D eigenvalue weighted by atomic mass is 9.73. The minimum Gasteiger partial charge on any atom is -0.432 e. The van der Waals surface area contributed by atoms with Crippen molar-refractivity contribution in [3.63, 3.8) is 0 Å². The predicted octanol–water partition coefficient (Wildman–Crippen LogP) is 1.83. The van der Waals surface area contributed by atoms with Gasteiger partial charge in [0.2, 0.25) is 5.91 Å². The number of aryl methyl sites for hydroxylation is 1. The predicted molar refractivity (Wildman–Crippen MR) is 64.4 cm³/mol. The Morgan fingerprint density at radius 3 is 2.76 bits per heavy atom. The summed E-state index contributed by atoms with van der Waals surface area (Å²) in [5.74, 6) is -0.0541. The van der Waals surface area contributed by atoms with Gasteiger partial charge in [-0.15, -0.1) is 0 Å². The number of nitrogens with two attached hydrogens (primary N) is 1. The number of aromatic nitrogens is 1. The van der Waals surface area contributed by atoms with Crippen molar-refractivity contribution in [3.8, 4) is 0 Å². The molecule has 1 aliphatic carbocycles. The fourth-order valence-corrected chi connectivity index (χ4v) is 2.39. The molecule has 0 aromatic carbocycles. The van der Waals surface area contributed by atoms with Gasteiger partial charge < -0.3 is 10.2 Å². The summed E-state index contributed by atoms with van der Waals surface area (Å²) in [6, 6.07) is 0.269. The van der Waals surface area contributed by atoms with Crippen LogP contribution in [0, 0.1) is 12.3 Å². The van der Waals surface area contributed by atoms with Crippen LogP contribution in [-0.2, 0) is 4.79 Å². The van der Waals surface area contributed by atoms with Crippen LogP contribution in [0.15, 0.2) is 10.7 Å². The molecule has 5 nitrogen and oxygen atoms in total. The van der Waals surface area contributed by atoms with Crippen molar-refractivity contribution >= 4 is 11.9 Å². The summed E-state index contributed by atoms with van der Waals surface area (Å²) in [4.78, 5) is 16.3. The molecule has 0 radical (unpaired) electrons. The maximum Gasteiger partial charge on any atom is 0.301 e. The van der Waals surface area contributed by atoms with Crippen molar-refractivity contribution in [1.82, 2.24) is 4.98 Å². The monoisotopic (exact) mass is 237 g/mol. The molecule has 1 aromatic rings. The Balaban J connectivity index is 2.07. The van der Waals surface area contributed by atoms with E-state index in [1.165, 1.54) is 12.7 Å². The summed E-state index contributed by atoms with van der Waals surface area (Å²) >= 11 is 0. The highest BCUT2D eigenvalue weighted by Gasteiger charge is 2.38. The first-order valence-electron chi connectivity index (χ1n) is 6.10. The molecule has 1 heterocycles. The van der Waals surface area contributed by atoms with Crippen LogP contribution >= 0.6 is 0 Å². The lowest BCUT2D eigenvalue weighted by Gasteiger charge is -2.33. The van der Waals surface area contributed by atoms with Crippen LogP contribution in [-0.4, -0.2) is 17.4 Å². The molecule has 0 saturated heterocycles. The van der Waals surface area contributed by atoms with E-state index in [4.69, 9.17) is 10.2 Å². The molecule has 1 aliphatic rings. The van der Waals surface area contributed by atoms with Gasteiger partial charge in [0, 0.05) is 6.54 Å². The van der Waals surface area contributed by atoms with Crippen molar-refractivity contribution < 1.29 is 9.21 Å². The van der Waals surface area contributed by atoms with Crippen LogP contribution in [0.3, 0.4) is 0 Å². The van der Waals surface area contributed by atoms with Crippen LogP contribution in [0.2, 0.25) is 0 Å². The number of hydrogen-bond acceptors (Lipinski definition) is 4. The SMILES string of the molecule is Cc1coc(NC(=O)C2(CN)CCCCC2)n1. The average molecular weight is 237 g/mol. The topological polar surface area (TPSA) is 81.2 Å². The number of anilines is 1. The number of carbonyl (C=O) groups is 1. The van der Waals surface area contributed by atoms with Gasteiger partial charge in [-0.05, 0) is 19.8 Å². The van der Waals surface area contributed by atoms with Gasteiger partial charge in [-0.1, -0.05) is 19.3 Å². The molecule has 2 rings (SSSR count). The van der Waals surface area contributed by atoms with Crippen molar-refractivity contribution in [2.75, 3.05) is 11.9 Å². The number of rotatable bonds is 3. The fourth-order valence-electron chi connectivity index (χ4n) is 2.39. The Hall–Kier alpha value is -1.36. The Labute approximate surface area is 101 Å². The number of amides is 1. The summed E-state index contributed by atoms with van der Waals surface area (Å²) in [6.45, 7) is 2.21. The van der Waals surface area contributed by atoms with Crippen molar-refractivity contribution in [3.05, 3.63) is 12.0 Å². The van der Waals surface area contributed by atoms with Gasteiger partial charge >= 0.3 is 6.01 Å². The summed E-state index contributed by atoms with van der Waals surface area (Å²) < 4.78 is 5.13. The van der Waals surface area contributed by atoms with E-state index in [1.807, 2.05) is 6.92 Å². The smallest absolute Gasteiger partial charge is 0.301 e. The van der Waals surface area contributed by atoms with E-state index in [-0.39, 0.29) is 11.9 Å². The van der Waals surface area contributed by atoms with E-state index < -0.39 is 5.41 Å². The third-order valence-electron chi connectivity index (χ3n) is 3.52. The second-order valence-corrected chi connectivity index (χ2v) is 4.79. The third kappa shape index (κ3) is 2.49. The van der Waals surface area contributed by atoms with Gasteiger partial charge in [-0.25, -0.2) is 0 Å². The van der Waals surface area contributed by atoms with E-state index in [0.717, 1.165) is 31.4 Å². The first kappa shape index (κ1) is 12.1. The zero-order valence-corrected chi connectivity index (χ0v) is 10.2. The second kappa shape index (κ2) is 4.87. The summed E-state index contributed by atoms with van der Waals surface area (Å²) in [7, 11) is 0. The van der Waals surface area contributed by atoms with E-state index in [2.05, 4.69) is 10.3 Å². The molecule has 17 heavy (non-hydrogen) atoms. The second-order valence-electron chi connectivity index (χ2n) is 4.79. The molecule has 0 bridgehead atoms. The number of oxazole rings is 1. The van der Waals surface area contributed by atoms with E-state index in [1.54, 1.807) is 0 Å². The number of nitrogens with zero attached hydrogens (tertiary/aromatic N) is 1. The fraction of sp³-hybridized carbons (Fsp3) is 0.667. The number of hydrogen-bond donors (Lipinski definition) is 2. The van der Waals surface area contributed by atoms with E-state index in [9.17, 15) is 4.79 Å². The average Bonchev–Trinajstić information content (AvgIpc) is 2.75. The highest BCUT2D eigenvalue weighted by atomic mass is 16.4. The number of carbonyl (C=O) groups excluding carboxylic acids is 1. The van der Waals surface area contributed by atoms with E-state index in [0.29, 0.717) is 6.54 Å². The van der Waals surface area contributed by atoms with Gasteiger partial charge in [0.1, 0.15) is 6.26 Å². The maximum absolute atomic E-state index is 12.2. The molecule has 0 aliphatic heterocycles. The van der Waals surface area contributed by atoms with E-state index >= 15 is 0 Å². The molecule has 5 heteroatoms. The highest BCUT2D eigenvalue weighted by Crippen LogP contribution is 2.36. The molecular formula is C12H19N3O2. The van der Waals surface area contributed by atoms with Crippen LogP contribution in [0.25, 0.3) is 0 Å². The first-order valence-corrected chi connectivity index (χ1v) is 6.10. The first-order chi connectivity index (χ1) is 8.16. The maximum atomic E-state index is 12.2. The molecule has 1 saturated carbocycles. The molecule has 1 aromatic heterocycles. The molecular weight excluding hydrogens is 218 g/mol. The number of nitrogens with one attached hydrogen (secondary N) is 1. The normalized spacial score (nSPS) is 18.9. The summed E-state index contributed by atoms with van der Waals surface area (Å²) in [5, 5.41) is 2.73. The summed E-state index contributed by atoms with van der Waals surface area (Å²) in [5.41, 5.74) is 6.11. The molecule has 0 spiro atoms. The standard InChI is InChI=1S/C12H19N3O2/c1-9-7-17-11(14-9)15-10(16)12(8-13)5-3-2-4-6-12/h7H,2-6,8,13H2,1H3,(H,14,15,16). The summed E-state index contributed by atoms with van der Waals surface area (Å²) in [6.07, 6.45) is 6.55. The van der Waals surface area contributed by atoms with Gasteiger partial charge in [0.15, 0.2) is 0 Å². The minimum absolute atomic E-state index is 0.0541. The minimum atomic E-state index is -0.430. The van der Waals surface area contributed by atoms with Crippen LogP contribution in [0.1, 0.15) is 37.8 Å². The highest BCUT2D eigenvalue weighted by molar-refractivity contribution is 5.93. The quantitative estimate of drug-likeness (QED) is 0.840. The molecule has 0 unspecified atom stereocenters. The molecule has 94 valence electrons. The molecule has 0 atom stereocenters. The largest absolute Gasteiger partial charge is 0.432 e. The zero-order chi connectivity index (χ0) is 12.3. The molecule has 1 fully saturated rings. The Morgan fingerprint density at radius 2 is 2.24 bits per heavy atom. The third-order valence-corrected chi connectivity index (χ3v) is 3.52. The van der Waals surface area contributed by atoms with Gasteiger partial charge in [0.05, 0.1) is 11.1 Å². The van der Waals surface area contributed by atoms with Crippen LogP contribution < -0.4 is 11.1 Å². The van der Waals surface area contributed by atoms with Gasteiger partial charge in [-0.3, -0.25) is 10.1 Å². The Kier molecular flexibility index (Phi) is 3.47. The zero-order valence-electron chi connectivity index (χ0n) is 10.2. The molecule has 3 N–H and O–H groups in total. The van der Waals surface area contributed by atoms with Crippen LogP contribution in [0.5, 0.6) is 0 Å². The van der Waals surface area contributed by atoms with Crippen molar-refractivity contribution in [2.24, 2.45) is 11.1 Å². The molecule has 1 amide bonds. The van der Waals surface area contributed by atoms with Gasteiger partial charge in [0.25, 0.3) is 0 Å². The van der Waals surface area contributed by atoms with Crippen LogP contribution in [0.4, 0.5) is 6.01 Å². The lowest BCUT2D eigenvalue weighted by Crippen LogP contribution is -2.43. The van der Waals surface area contributed by atoms with Crippen molar-refractivity contribution in [1.29, 1.82) is 0 Å². The van der Waals surface area contributed by atoms with Crippen molar-refractivity contribution in [2.45, 2.75) is 39.0 Å². The lowest BCUT2D eigenvalue weighted by molar-refractivity contribution is -0.127.